The maximum absolute atomic E-state index is 12.7. The normalized spacial score (nSPS) is 13.6. The molecule has 2 heterocycles. The number of anilines is 2. The molecule has 0 bridgehead atoms. The van der Waals surface area contributed by atoms with Gasteiger partial charge in [0.1, 0.15) is 0 Å². The highest BCUT2D eigenvalue weighted by atomic mass is 32.1. The molecule has 0 saturated carbocycles. The molecule has 0 aliphatic carbocycles. The van der Waals surface area contributed by atoms with E-state index in [1.807, 2.05) is 51.7 Å². The minimum Gasteiger partial charge on any atom is -0.311 e. The van der Waals surface area contributed by atoms with Gasteiger partial charge >= 0.3 is 0 Å². The molecule has 1 N–H and O–H groups in total. The first kappa shape index (κ1) is 19.5. The van der Waals surface area contributed by atoms with Gasteiger partial charge in [-0.3, -0.25) is 9.59 Å². The van der Waals surface area contributed by atoms with Crippen LogP contribution >= 0.6 is 11.3 Å². The largest absolute Gasteiger partial charge is 0.311 e. The maximum Gasteiger partial charge on any atom is 0.232 e. The van der Waals surface area contributed by atoms with Gasteiger partial charge in [-0.25, -0.2) is 4.98 Å². The van der Waals surface area contributed by atoms with E-state index in [0.29, 0.717) is 11.6 Å². The summed E-state index contributed by atoms with van der Waals surface area (Å²) in [6, 6.07) is 6.17. The van der Waals surface area contributed by atoms with Crippen LogP contribution in [0.25, 0.3) is 11.3 Å². The number of carbonyl (C=O) groups excluding carboxylic acids is 2. The van der Waals surface area contributed by atoms with Crippen LogP contribution in [0, 0.1) is 12.3 Å². The van der Waals surface area contributed by atoms with Crippen molar-refractivity contribution in [1.82, 2.24) is 4.98 Å². The van der Waals surface area contributed by atoms with Crippen LogP contribution in [0.15, 0.2) is 18.2 Å². The van der Waals surface area contributed by atoms with Crippen LogP contribution in [0.3, 0.4) is 0 Å². The lowest BCUT2D eigenvalue weighted by atomic mass is 9.94. The molecule has 27 heavy (non-hydrogen) atoms. The monoisotopic (exact) mass is 385 g/mol. The van der Waals surface area contributed by atoms with Crippen LogP contribution in [-0.4, -0.2) is 23.3 Å². The lowest BCUT2D eigenvalue weighted by Gasteiger charge is -2.26. The summed E-state index contributed by atoms with van der Waals surface area (Å²) < 4.78 is 0. The van der Waals surface area contributed by atoms with Gasteiger partial charge in [0.05, 0.1) is 5.69 Å². The van der Waals surface area contributed by atoms with Crippen LogP contribution in [0.2, 0.25) is 0 Å². The molecule has 1 aromatic carbocycles. The number of aromatic nitrogens is 1. The molecular weight excluding hydrogens is 358 g/mol. The summed E-state index contributed by atoms with van der Waals surface area (Å²) in [5, 5.41) is 3.52. The quantitative estimate of drug-likeness (QED) is 0.823. The van der Waals surface area contributed by atoms with Crippen LogP contribution in [0.4, 0.5) is 10.8 Å². The first-order valence-electron chi connectivity index (χ1n) is 9.43. The Balaban J connectivity index is 1.85. The van der Waals surface area contributed by atoms with Crippen molar-refractivity contribution < 1.29 is 9.59 Å². The molecule has 5 nitrogen and oxygen atoms in total. The fourth-order valence-electron chi connectivity index (χ4n) is 3.29. The fraction of sp³-hybridized carbons (Fsp3) is 0.476. The molecule has 1 aliphatic heterocycles. The third-order valence-electron chi connectivity index (χ3n) is 4.66. The number of nitrogens with zero attached hydrogens (tertiary/aromatic N) is 2. The van der Waals surface area contributed by atoms with E-state index in [9.17, 15) is 9.59 Å². The average molecular weight is 386 g/mol. The minimum atomic E-state index is -0.391. The lowest BCUT2D eigenvalue weighted by Crippen LogP contribution is -2.38. The molecule has 3 rings (SSSR count). The molecule has 0 radical (unpaired) electrons. The summed E-state index contributed by atoms with van der Waals surface area (Å²) >= 11 is 1.50. The topological polar surface area (TPSA) is 62.3 Å². The van der Waals surface area contributed by atoms with Gasteiger partial charge in [-0.05, 0) is 37.5 Å². The van der Waals surface area contributed by atoms with E-state index >= 15 is 0 Å². The number of carbonyl (C=O) groups is 2. The van der Waals surface area contributed by atoms with Crippen molar-refractivity contribution in [2.75, 3.05) is 16.8 Å². The van der Waals surface area contributed by atoms with E-state index in [1.165, 1.54) is 16.9 Å². The Morgan fingerprint density at radius 3 is 2.70 bits per heavy atom. The number of rotatable bonds is 4. The second-order valence-corrected chi connectivity index (χ2v) is 9.23. The fourth-order valence-corrected chi connectivity index (χ4v) is 4.14. The molecule has 0 unspecified atom stereocenters. The predicted octanol–water partition coefficient (Wildman–Crippen LogP) is 4.79. The van der Waals surface area contributed by atoms with Crippen molar-refractivity contribution in [3.63, 3.8) is 0 Å². The Bertz CT molecular complexity index is 880. The van der Waals surface area contributed by atoms with E-state index in [-0.39, 0.29) is 11.8 Å². The number of hydrogen-bond acceptors (Lipinski definition) is 4. The third kappa shape index (κ3) is 4.05. The van der Waals surface area contributed by atoms with Crippen molar-refractivity contribution >= 4 is 34.0 Å². The molecule has 1 aromatic heterocycles. The number of thiazole rings is 1. The van der Waals surface area contributed by atoms with Crippen LogP contribution in [-0.2, 0) is 16.0 Å². The Labute approximate surface area is 164 Å². The van der Waals surface area contributed by atoms with Crippen molar-refractivity contribution in [2.45, 2.75) is 53.9 Å². The Morgan fingerprint density at radius 2 is 2.04 bits per heavy atom. The molecule has 6 heteroatoms. The van der Waals surface area contributed by atoms with Gasteiger partial charge in [0.25, 0.3) is 0 Å². The Hall–Kier alpha value is -2.21. The van der Waals surface area contributed by atoms with Gasteiger partial charge < -0.3 is 10.2 Å². The highest BCUT2D eigenvalue weighted by Gasteiger charge is 2.32. The Kier molecular flexibility index (Phi) is 5.38. The minimum absolute atomic E-state index is 0.00286. The van der Waals surface area contributed by atoms with Crippen LogP contribution in [0.5, 0.6) is 0 Å². The molecule has 0 atom stereocenters. The first-order chi connectivity index (χ1) is 12.7. The molecule has 2 amide bonds. The van der Waals surface area contributed by atoms with Crippen molar-refractivity contribution in [3.8, 4) is 11.3 Å². The number of aryl methyl sites for hydroxylation is 1. The lowest BCUT2D eigenvalue weighted by molar-refractivity contribution is -0.125. The maximum atomic E-state index is 12.7. The van der Waals surface area contributed by atoms with Gasteiger partial charge in [0.2, 0.25) is 11.8 Å². The van der Waals surface area contributed by atoms with Gasteiger partial charge in [-0.1, -0.05) is 33.8 Å². The van der Waals surface area contributed by atoms with E-state index in [4.69, 9.17) is 0 Å². The third-order valence-corrected chi connectivity index (χ3v) is 5.54. The van der Waals surface area contributed by atoms with Crippen molar-refractivity contribution in [3.05, 3.63) is 28.6 Å². The molecule has 144 valence electrons. The first-order valence-corrected chi connectivity index (χ1v) is 10.2. The number of benzene rings is 1. The second kappa shape index (κ2) is 7.43. The van der Waals surface area contributed by atoms with Crippen LogP contribution in [0.1, 0.15) is 51.0 Å². The van der Waals surface area contributed by atoms with E-state index in [2.05, 4.69) is 16.4 Å². The van der Waals surface area contributed by atoms with E-state index < -0.39 is 5.41 Å². The highest BCUT2D eigenvalue weighted by molar-refractivity contribution is 7.16. The predicted molar refractivity (Wildman–Crippen MR) is 111 cm³/mol. The van der Waals surface area contributed by atoms with Crippen LogP contribution < -0.4 is 10.2 Å². The summed E-state index contributed by atoms with van der Waals surface area (Å²) in [5.41, 5.74) is 3.72. The zero-order valence-electron chi connectivity index (χ0n) is 16.7. The molecule has 0 saturated heterocycles. The summed E-state index contributed by atoms with van der Waals surface area (Å²) in [7, 11) is 0. The molecule has 0 spiro atoms. The summed E-state index contributed by atoms with van der Waals surface area (Å²) in [6.45, 7) is 10.6. The van der Waals surface area contributed by atoms with Gasteiger partial charge in [0.15, 0.2) is 5.13 Å². The van der Waals surface area contributed by atoms with Gasteiger partial charge in [-0.2, -0.15) is 0 Å². The summed E-state index contributed by atoms with van der Waals surface area (Å²) in [5.74, 6) is 0.155. The molecule has 2 aromatic rings. The number of hydrogen-bond donors (Lipinski definition) is 1. The second-order valence-electron chi connectivity index (χ2n) is 8.02. The SMILES string of the molecule is CCCC(=O)Nc1nc(-c2ccc3c(c2)CCN3C(=O)C(C)(C)C)c(C)s1. The number of amides is 2. The van der Waals surface area contributed by atoms with E-state index in [1.54, 1.807) is 0 Å². The summed E-state index contributed by atoms with van der Waals surface area (Å²) in [6.07, 6.45) is 2.18. The standard InChI is InChI=1S/C21H27N3O2S/c1-6-7-17(25)22-20-23-18(13(2)27-20)15-8-9-16-14(12-15)10-11-24(16)19(26)21(3,4)5/h8-9,12H,6-7,10-11H2,1-5H3,(H,22,23,25). The smallest absolute Gasteiger partial charge is 0.232 e. The van der Waals surface area contributed by atoms with Crippen molar-refractivity contribution in [1.29, 1.82) is 0 Å². The van der Waals surface area contributed by atoms with Crippen molar-refractivity contribution in [2.24, 2.45) is 5.41 Å². The van der Waals surface area contributed by atoms with Gasteiger partial charge in [-0.15, -0.1) is 11.3 Å². The molecule has 1 aliphatic rings. The molecular formula is C21H27N3O2S. The number of fused-ring (bicyclic) bond motifs is 1. The Morgan fingerprint density at radius 1 is 1.30 bits per heavy atom. The number of nitrogens with one attached hydrogen (secondary N) is 1. The average Bonchev–Trinajstić information content (AvgIpc) is 3.16. The van der Waals surface area contributed by atoms with Gasteiger partial charge in [0, 0.05) is 34.5 Å². The highest BCUT2D eigenvalue weighted by Crippen LogP contribution is 2.37. The summed E-state index contributed by atoms with van der Waals surface area (Å²) in [4.78, 5) is 32.1. The zero-order chi connectivity index (χ0) is 19.8. The van der Waals surface area contributed by atoms with E-state index in [0.717, 1.165) is 41.2 Å². The zero-order valence-corrected chi connectivity index (χ0v) is 17.5. The molecule has 0 fully saturated rings.